The van der Waals surface area contributed by atoms with Crippen molar-refractivity contribution in [1.29, 1.82) is 0 Å². The Bertz CT molecular complexity index is 935. The smallest absolute Gasteiger partial charge is 0.312 e. The maximum absolute atomic E-state index is 13.7. The molecule has 0 amide bonds. The molecule has 5 saturated carbocycles. The molecule has 0 aliphatic heterocycles. The summed E-state index contributed by atoms with van der Waals surface area (Å²) in [4.78, 5) is 13.7. The number of hydrogen-bond donors (Lipinski definition) is 1. The van der Waals surface area contributed by atoms with Crippen molar-refractivity contribution in [3.05, 3.63) is 24.8 Å². The van der Waals surface area contributed by atoms with E-state index in [-0.39, 0.29) is 39.1 Å². The van der Waals surface area contributed by atoms with E-state index in [1.807, 2.05) is 0 Å². The first-order valence-electron chi connectivity index (χ1n) is 14.9. The van der Waals surface area contributed by atoms with Crippen LogP contribution < -0.4 is 0 Å². The summed E-state index contributed by atoms with van der Waals surface area (Å²) < 4.78 is 5.82. The molecule has 36 heavy (non-hydrogen) atoms. The minimum Gasteiger partial charge on any atom is -0.461 e. The number of esters is 1. The maximum atomic E-state index is 13.7. The van der Waals surface area contributed by atoms with Crippen LogP contribution in [0.4, 0.5) is 0 Å². The van der Waals surface area contributed by atoms with Crippen molar-refractivity contribution in [2.45, 2.75) is 112 Å². The van der Waals surface area contributed by atoms with E-state index in [9.17, 15) is 9.90 Å². The zero-order chi connectivity index (χ0) is 26.3. The monoisotopic (exact) mass is 496 g/mol. The van der Waals surface area contributed by atoms with Gasteiger partial charge in [0.05, 0.1) is 11.5 Å². The summed E-state index contributed by atoms with van der Waals surface area (Å²) >= 11 is 0. The van der Waals surface area contributed by atoms with Crippen molar-refractivity contribution in [3.63, 3.8) is 0 Å². The van der Waals surface area contributed by atoms with E-state index < -0.39 is 0 Å². The molecule has 0 aromatic carbocycles. The highest BCUT2D eigenvalue weighted by atomic mass is 16.5. The summed E-state index contributed by atoms with van der Waals surface area (Å²) in [6.07, 6.45) is 12.7. The van der Waals surface area contributed by atoms with Gasteiger partial charge in [-0.25, -0.2) is 0 Å². The molecule has 5 aliphatic carbocycles. The van der Waals surface area contributed by atoms with Crippen LogP contribution in [-0.4, -0.2) is 23.8 Å². The molecule has 10 atom stereocenters. The van der Waals surface area contributed by atoms with Crippen molar-refractivity contribution in [2.24, 2.45) is 56.7 Å². The summed E-state index contributed by atoms with van der Waals surface area (Å²) in [5, 5.41) is 11.0. The van der Waals surface area contributed by atoms with Crippen molar-refractivity contribution in [3.8, 4) is 0 Å². The third kappa shape index (κ3) is 3.23. The lowest BCUT2D eigenvalue weighted by Gasteiger charge is -2.72. The first kappa shape index (κ1) is 26.5. The second kappa shape index (κ2) is 8.45. The first-order valence-corrected chi connectivity index (χ1v) is 14.9. The fourth-order valence-electron chi connectivity index (χ4n) is 11.8. The number of rotatable bonds is 4. The summed E-state index contributed by atoms with van der Waals surface area (Å²) in [5.74, 6) is 2.60. The second-order valence-corrected chi connectivity index (χ2v) is 15.1. The van der Waals surface area contributed by atoms with E-state index >= 15 is 0 Å². The highest BCUT2D eigenvalue weighted by Crippen LogP contribution is 2.77. The molecule has 0 spiro atoms. The molecule has 4 unspecified atom stereocenters. The molecule has 0 radical (unpaired) electrons. The average Bonchev–Trinajstić information content (AvgIpc) is 3.22. The molecule has 0 aromatic heterocycles. The van der Waals surface area contributed by atoms with Gasteiger partial charge in [0.25, 0.3) is 0 Å². The van der Waals surface area contributed by atoms with E-state index in [4.69, 9.17) is 4.74 Å². The fraction of sp³-hybridized carbons (Fsp3) is 0.848. The number of allylic oxidation sites excluding steroid dienone is 1. The highest BCUT2D eigenvalue weighted by Gasteiger charge is 2.72. The van der Waals surface area contributed by atoms with Crippen LogP contribution in [0.15, 0.2) is 24.8 Å². The molecule has 0 aromatic rings. The Balaban J connectivity index is 1.54. The Morgan fingerprint density at radius 2 is 1.64 bits per heavy atom. The van der Waals surface area contributed by atoms with Crippen LogP contribution in [0.25, 0.3) is 0 Å². The maximum Gasteiger partial charge on any atom is 0.312 e. The number of carbonyl (C=O) groups excluding carboxylic acids is 1. The highest BCUT2D eigenvalue weighted by molar-refractivity contribution is 5.78. The van der Waals surface area contributed by atoms with Crippen LogP contribution in [0.3, 0.4) is 0 Å². The predicted molar refractivity (Wildman–Crippen MR) is 146 cm³/mol. The lowest BCUT2D eigenvalue weighted by atomic mass is 9.32. The molecule has 0 heterocycles. The zero-order valence-corrected chi connectivity index (χ0v) is 24.0. The molecule has 202 valence electrons. The Morgan fingerprint density at radius 3 is 2.31 bits per heavy atom. The molecule has 3 nitrogen and oxygen atoms in total. The van der Waals surface area contributed by atoms with Gasteiger partial charge in [-0.15, -0.1) is 0 Å². The number of hydrogen-bond acceptors (Lipinski definition) is 3. The number of aliphatic hydroxyl groups excluding tert-OH is 1. The number of ether oxygens (including phenoxy) is 1. The fourth-order valence-corrected chi connectivity index (χ4v) is 11.8. The third-order valence-electron chi connectivity index (χ3n) is 13.8. The SMILES string of the molecule is C=CCOC(=O)[C@]12CC[C@@H](C(=C)C)C1C1CCC3[C@@]4(C)CC[C@H](O)C(C)(C)C4CC[C@@]3(C)[C@]1(C)CC2. The Labute approximate surface area is 220 Å². The molecule has 5 fully saturated rings. The van der Waals surface area contributed by atoms with Crippen molar-refractivity contribution >= 4 is 5.97 Å². The van der Waals surface area contributed by atoms with Gasteiger partial charge in [-0.1, -0.05) is 59.4 Å². The van der Waals surface area contributed by atoms with Gasteiger partial charge in [-0.2, -0.15) is 0 Å². The van der Waals surface area contributed by atoms with Crippen LogP contribution in [0, 0.1) is 56.7 Å². The average molecular weight is 497 g/mol. The summed E-state index contributed by atoms with van der Waals surface area (Å²) in [5.41, 5.74) is 1.66. The lowest BCUT2D eigenvalue weighted by molar-refractivity contribution is -0.248. The largest absolute Gasteiger partial charge is 0.461 e. The minimum absolute atomic E-state index is 0.0147. The minimum atomic E-state index is -0.349. The van der Waals surface area contributed by atoms with Crippen LogP contribution >= 0.6 is 0 Å². The Morgan fingerprint density at radius 1 is 0.917 bits per heavy atom. The summed E-state index contributed by atoms with van der Waals surface area (Å²) in [6.45, 7) is 23.2. The van der Waals surface area contributed by atoms with E-state index in [1.54, 1.807) is 6.08 Å². The van der Waals surface area contributed by atoms with Gasteiger partial charge in [0, 0.05) is 0 Å². The summed E-state index contributed by atoms with van der Waals surface area (Å²) in [7, 11) is 0. The predicted octanol–water partition coefficient (Wildman–Crippen LogP) is 7.73. The van der Waals surface area contributed by atoms with Gasteiger partial charge in [0.1, 0.15) is 6.61 Å². The van der Waals surface area contributed by atoms with Gasteiger partial charge in [0.15, 0.2) is 0 Å². The summed E-state index contributed by atoms with van der Waals surface area (Å²) in [6, 6.07) is 0. The van der Waals surface area contributed by atoms with Crippen molar-refractivity contribution < 1.29 is 14.6 Å². The number of carbonyl (C=O) groups is 1. The van der Waals surface area contributed by atoms with Gasteiger partial charge in [-0.3, -0.25) is 4.79 Å². The molecule has 5 aliphatic rings. The normalized spacial score (nSPS) is 51.2. The van der Waals surface area contributed by atoms with E-state index in [2.05, 4.69) is 54.7 Å². The molecule has 0 saturated heterocycles. The lowest BCUT2D eigenvalue weighted by Crippen LogP contribution is -2.67. The third-order valence-corrected chi connectivity index (χ3v) is 13.8. The van der Waals surface area contributed by atoms with Gasteiger partial charge < -0.3 is 9.84 Å². The van der Waals surface area contributed by atoms with Crippen molar-refractivity contribution in [1.82, 2.24) is 0 Å². The van der Waals surface area contributed by atoms with Crippen LogP contribution in [0.5, 0.6) is 0 Å². The van der Waals surface area contributed by atoms with Crippen molar-refractivity contribution in [2.75, 3.05) is 6.61 Å². The Hall–Kier alpha value is -1.09. The molecule has 0 bridgehead atoms. The molecular formula is C33H52O3. The number of fused-ring (bicyclic) bond motifs is 7. The molecule has 5 rings (SSSR count). The zero-order valence-electron chi connectivity index (χ0n) is 24.0. The van der Waals surface area contributed by atoms with Gasteiger partial charge in [0.2, 0.25) is 0 Å². The van der Waals surface area contributed by atoms with Gasteiger partial charge >= 0.3 is 5.97 Å². The molecule has 3 heteroatoms. The quantitative estimate of drug-likeness (QED) is 0.320. The van der Waals surface area contributed by atoms with E-state index in [0.29, 0.717) is 36.2 Å². The van der Waals surface area contributed by atoms with E-state index in [1.165, 1.54) is 31.3 Å². The Kier molecular flexibility index (Phi) is 6.23. The van der Waals surface area contributed by atoms with E-state index in [0.717, 1.165) is 38.5 Å². The van der Waals surface area contributed by atoms with Crippen LogP contribution in [0.2, 0.25) is 0 Å². The topological polar surface area (TPSA) is 46.5 Å². The number of aliphatic hydroxyl groups is 1. The standard InChI is InChI=1S/C33H52O3/c1-9-20-36-28(35)33-17-12-22(21(2)3)27(33)23-10-11-25-30(6)15-14-26(34)29(4,5)24(30)13-16-32(25,8)31(23,7)18-19-33/h9,22-27,34H,1-2,10-20H2,3-8H3/t22-,23?,24?,25?,26-,27?,30-,31+,32+,33-/m0/s1. The van der Waals surface area contributed by atoms with Crippen LogP contribution in [0.1, 0.15) is 106 Å². The molecular weight excluding hydrogens is 444 g/mol. The van der Waals surface area contributed by atoms with Gasteiger partial charge in [-0.05, 0) is 122 Å². The first-order chi connectivity index (χ1) is 16.8. The second-order valence-electron chi connectivity index (χ2n) is 15.1. The molecule has 1 N–H and O–H groups in total. The van der Waals surface area contributed by atoms with Crippen LogP contribution in [-0.2, 0) is 9.53 Å².